The van der Waals surface area contributed by atoms with Gasteiger partial charge in [0.25, 0.3) is 11.8 Å². The zero-order valence-corrected chi connectivity index (χ0v) is 14.8. The number of furan rings is 1. The van der Waals surface area contributed by atoms with Crippen molar-refractivity contribution in [3.8, 4) is 5.75 Å². The van der Waals surface area contributed by atoms with Gasteiger partial charge in [0, 0.05) is 11.3 Å². The van der Waals surface area contributed by atoms with Crippen LogP contribution in [-0.2, 0) is 0 Å². The number of rotatable bonds is 6. The highest BCUT2D eigenvalue weighted by Crippen LogP contribution is 2.27. The average Bonchev–Trinajstić information content (AvgIpc) is 3.22. The highest BCUT2D eigenvalue weighted by Gasteiger charge is 2.29. The van der Waals surface area contributed by atoms with Crippen molar-refractivity contribution in [2.45, 2.75) is 6.18 Å². The Hall–Kier alpha value is -3.75. The zero-order valence-electron chi connectivity index (χ0n) is 14.8. The van der Waals surface area contributed by atoms with Gasteiger partial charge in [0.2, 0.25) is 0 Å². The van der Waals surface area contributed by atoms with Crippen molar-refractivity contribution in [1.82, 2.24) is 0 Å². The van der Waals surface area contributed by atoms with E-state index in [1.165, 1.54) is 54.8 Å². The van der Waals surface area contributed by atoms with Gasteiger partial charge < -0.3 is 19.8 Å². The summed E-state index contributed by atoms with van der Waals surface area (Å²) in [6.07, 6.45) is -3.12. The second-order valence-corrected chi connectivity index (χ2v) is 5.86. The first kappa shape index (κ1) is 20.0. The van der Waals surface area contributed by atoms with Crippen molar-refractivity contribution in [1.29, 1.82) is 0 Å². The number of alkyl halides is 3. The first-order valence-corrected chi connectivity index (χ1v) is 8.37. The third-order valence-electron chi connectivity index (χ3n) is 3.68. The van der Waals surface area contributed by atoms with E-state index in [4.69, 9.17) is 9.15 Å². The molecule has 0 radical (unpaired) electrons. The number of benzene rings is 2. The molecule has 1 heterocycles. The molecule has 3 rings (SSSR count). The SMILES string of the molecule is O=C(Nc1ccccc1OCC(F)(F)F)c1ccc(NC(=O)c2ccco2)cc1. The van der Waals surface area contributed by atoms with Crippen molar-refractivity contribution >= 4 is 23.2 Å². The van der Waals surface area contributed by atoms with Crippen LogP contribution in [0.2, 0.25) is 0 Å². The molecule has 0 spiro atoms. The molecule has 150 valence electrons. The Labute approximate surface area is 163 Å². The Morgan fingerprint density at radius 1 is 0.897 bits per heavy atom. The number of anilines is 2. The quantitative estimate of drug-likeness (QED) is 0.623. The van der Waals surface area contributed by atoms with E-state index in [-0.39, 0.29) is 22.8 Å². The standard InChI is InChI=1S/C20H15F3N2O4/c21-20(22,23)12-29-16-5-2-1-4-15(16)25-18(26)13-7-9-14(10-8-13)24-19(27)17-6-3-11-28-17/h1-11H,12H2,(H,24,27)(H,25,26). The van der Waals surface area contributed by atoms with Crippen LogP contribution < -0.4 is 15.4 Å². The van der Waals surface area contributed by atoms with Crippen molar-refractivity contribution in [2.24, 2.45) is 0 Å². The molecule has 0 bridgehead atoms. The number of ether oxygens (including phenoxy) is 1. The molecule has 3 aromatic rings. The Morgan fingerprint density at radius 3 is 2.28 bits per heavy atom. The van der Waals surface area contributed by atoms with Gasteiger partial charge in [0.15, 0.2) is 12.4 Å². The van der Waals surface area contributed by atoms with Crippen LogP contribution in [0, 0.1) is 0 Å². The Bertz CT molecular complexity index is 984. The molecule has 0 atom stereocenters. The molecule has 2 amide bonds. The number of amides is 2. The Balaban J connectivity index is 1.65. The summed E-state index contributed by atoms with van der Waals surface area (Å²) in [5.74, 6) is -0.942. The largest absolute Gasteiger partial charge is 0.482 e. The van der Waals surface area contributed by atoms with Gasteiger partial charge in [0.1, 0.15) is 5.75 Å². The highest BCUT2D eigenvalue weighted by molar-refractivity contribution is 6.06. The van der Waals surface area contributed by atoms with Gasteiger partial charge in [-0.25, -0.2) is 0 Å². The Morgan fingerprint density at radius 2 is 1.62 bits per heavy atom. The highest BCUT2D eigenvalue weighted by atomic mass is 19.4. The fraction of sp³-hybridized carbons (Fsp3) is 0.100. The molecule has 2 N–H and O–H groups in total. The number of hydrogen-bond acceptors (Lipinski definition) is 4. The van der Waals surface area contributed by atoms with Gasteiger partial charge in [0.05, 0.1) is 12.0 Å². The van der Waals surface area contributed by atoms with E-state index in [2.05, 4.69) is 10.6 Å². The van der Waals surface area contributed by atoms with E-state index < -0.39 is 24.6 Å². The summed E-state index contributed by atoms with van der Waals surface area (Å²) in [6, 6.07) is 14.9. The van der Waals surface area contributed by atoms with Gasteiger partial charge in [-0.05, 0) is 48.5 Å². The van der Waals surface area contributed by atoms with E-state index >= 15 is 0 Å². The summed E-state index contributed by atoms with van der Waals surface area (Å²) >= 11 is 0. The summed E-state index contributed by atoms with van der Waals surface area (Å²) < 4.78 is 46.8. The van der Waals surface area contributed by atoms with Crippen LogP contribution in [0.4, 0.5) is 24.5 Å². The minimum Gasteiger partial charge on any atom is -0.482 e. The minimum atomic E-state index is -4.49. The molecular weight excluding hydrogens is 389 g/mol. The van der Waals surface area contributed by atoms with Gasteiger partial charge in [-0.3, -0.25) is 9.59 Å². The number of hydrogen-bond donors (Lipinski definition) is 2. The second kappa shape index (κ2) is 8.51. The number of carbonyl (C=O) groups is 2. The van der Waals surface area contributed by atoms with Crippen LogP contribution in [0.3, 0.4) is 0 Å². The second-order valence-electron chi connectivity index (χ2n) is 5.86. The first-order chi connectivity index (χ1) is 13.8. The predicted octanol–water partition coefficient (Wildman–Crippen LogP) is 4.73. The van der Waals surface area contributed by atoms with Crippen LogP contribution >= 0.6 is 0 Å². The number of para-hydroxylation sites is 2. The van der Waals surface area contributed by atoms with Gasteiger partial charge >= 0.3 is 6.18 Å². The Kier molecular flexibility index (Phi) is 5.87. The fourth-order valence-electron chi connectivity index (χ4n) is 2.36. The maximum atomic E-state index is 12.4. The zero-order chi connectivity index (χ0) is 20.9. The van der Waals surface area contributed by atoms with Gasteiger partial charge in [-0.1, -0.05) is 12.1 Å². The van der Waals surface area contributed by atoms with Crippen molar-refractivity contribution in [3.05, 3.63) is 78.3 Å². The summed E-state index contributed by atoms with van der Waals surface area (Å²) in [7, 11) is 0. The van der Waals surface area contributed by atoms with Crippen LogP contribution in [0.25, 0.3) is 0 Å². The fourth-order valence-corrected chi connectivity index (χ4v) is 2.36. The van der Waals surface area contributed by atoms with E-state index in [9.17, 15) is 22.8 Å². The van der Waals surface area contributed by atoms with Gasteiger partial charge in [-0.2, -0.15) is 13.2 Å². The molecule has 29 heavy (non-hydrogen) atoms. The average molecular weight is 404 g/mol. The molecule has 0 saturated carbocycles. The number of nitrogens with one attached hydrogen (secondary N) is 2. The van der Waals surface area contributed by atoms with Crippen LogP contribution in [-0.4, -0.2) is 24.6 Å². The lowest BCUT2D eigenvalue weighted by Gasteiger charge is -2.14. The lowest BCUT2D eigenvalue weighted by molar-refractivity contribution is -0.153. The lowest BCUT2D eigenvalue weighted by Crippen LogP contribution is -2.20. The lowest BCUT2D eigenvalue weighted by atomic mass is 10.2. The summed E-state index contributed by atoms with van der Waals surface area (Å²) in [6.45, 7) is -1.47. The normalized spacial score (nSPS) is 11.0. The maximum absolute atomic E-state index is 12.4. The number of halogens is 3. The molecule has 1 aromatic heterocycles. The molecular formula is C20H15F3N2O4. The van der Waals surface area contributed by atoms with Crippen LogP contribution in [0.15, 0.2) is 71.3 Å². The maximum Gasteiger partial charge on any atom is 0.422 e. The molecule has 0 aliphatic carbocycles. The van der Waals surface area contributed by atoms with E-state index in [1.807, 2.05) is 0 Å². The summed E-state index contributed by atoms with van der Waals surface area (Å²) in [5, 5.41) is 5.12. The first-order valence-electron chi connectivity index (χ1n) is 8.37. The molecule has 9 heteroatoms. The summed E-state index contributed by atoms with van der Waals surface area (Å²) in [5.41, 5.74) is 0.792. The molecule has 2 aromatic carbocycles. The minimum absolute atomic E-state index is 0.0968. The van der Waals surface area contributed by atoms with Crippen LogP contribution in [0.5, 0.6) is 5.75 Å². The van der Waals surface area contributed by atoms with Crippen molar-refractivity contribution in [2.75, 3.05) is 17.2 Å². The molecule has 0 aliphatic heterocycles. The number of carbonyl (C=O) groups excluding carboxylic acids is 2. The molecule has 0 unspecified atom stereocenters. The summed E-state index contributed by atoms with van der Waals surface area (Å²) in [4.78, 5) is 24.3. The smallest absolute Gasteiger partial charge is 0.422 e. The molecule has 0 saturated heterocycles. The predicted molar refractivity (Wildman–Crippen MR) is 99.0 cm³/mol. The van der Waals surface area contributed by atoms with E-state index in [0.29, 0.717) is 5.69 Å². The molecule has 0 aliphatic rings. The van der Waals surface area contributed by atoms with E-state index in [0.717, 1.165) is 0 Å². The third-order valence-corrected chi connectivity index (χ3v) is 3.68. The molecule has 6 nitrogen and oxygen atoms in total. The molecule has 0 fully saturated rings. The third kappa shape index (κ3) is 5.61. The van der Waals surface area contributed by atoms with Crippen LogP contribution in [0.1, 0.15) is 20.9 Å². The van der Waals surface area contributed by atoms with E-state index in [1.54, 1.807) is 12.1 Å². The van der Waals surface area contributed by atoms with Crippen molar-refractivity contribution < 1.29 is 31.9 Å². The topological polar surface area (TPSA) is 80.6 Å². The monoisotopic (exact) mass is 404 g/mol. The van der Waals surface area contributed by atoms with Gasteiger partial charge in [-0.15, -0.1) is 0 Å². The van der Waals surface area contributed by atoms with Crippen molar-refractivity contribution in [3.63, 3.8) is 0 Å².